The number of carbonyl (C=O) groups excluding carboxylic acids is 1. The molecule has 18 heavy (non-hydrogen) atoms. The number of thioether (sulfide) groups is 1. The van der Waals surface area contributed by atoms with Crippen LogP contribution in [0.3, 0.4) is 0 Å². The Morgan fingerprint density at radius 2 is 1.78 bits per heavy atom. The van der Waals surface area contributed by atoms with E-state index in [-0.39, 0.29) is 11.9 Å². The van der Waals surface area contributed by atoms with Crippen LogP contribution >= 0.6 is 11.8 Å². The highest BCUT2D eigenvalue weighted by Crippen LogP contribution is 1.96. The number of guanidine groups is 2. The van der Waals surface area contributed by atoms with Gasteiger partial charge in [-0.1, -0.05) is 13.8 Å². The summed E-state index contributed by atoms with van der Waals surface area (Å²) in [6, 6.07) is -0.663. The number of hydrogen-bond acceptors (Lipinski definition) is 3. The fourth-order valence-corrected chi connectivity index (χ4v) is 1.19. The summed E-state index contributed by atoms with van der Waals surface area (Å²) in [5, 5.41) is 0. The molecule has 0 aliphatic heterocycles. The minimum absolute atomic E-state index is 0.174. The molecule has 7 nitrogen and oxygen atoms in total. The molecule has 0 aliphatic rings. The molecule has 6 N–H and O–H groups in total. The average Bonchev–Trinajstić information content (AvgIpc) is 2.31. The summed E-state index contributed by atoms with van der Waals surface area (Å²) in [5.41, 5.74) is 16.5. The second kappa shape index (κ2) is 10.8. The van der Waals surface area contributed by atoms with Crippen LogP contribution in [0.25, 0.3) is 0 Å². The molecule has 1 unspecified atom stereocenters. The molecule has 0 radical (unpaired) electrons. The lowest BCUT2D eigenvalue weighted by atomic mass is 10.3. The molecular weight excluding hydrogens is 252 g/mol. The molecular formula is C10H24N6OS. The van der Waals surface area contributed by atoms with Gasteiger partial charge in [0.05, 0.1) is 6.04 Å². The summed E-state index contributed by atoms with van der Waals surface area (Å²) in [5.74, 6) is -0.0231. The molecule has 0 rings (SSSR count). The Balaban J connectivity index is 0. The van der Waals surface area contributed by atoms with E-state index >= 15 is 0 Å². The second-order valence-electron chi connectivity index (χ2n) is 3.23. The lowest BCUT2D eigenvalue weighted by Gasteiger charge is -2.09. The van der Waals surface area contributed by atoms with Crippen molar-refractivity contribution in [1.29, 1.82) is 0 Å². The highest BCUT2D eigenvalue weighted by atomic mass is 32.2. The van der Waals surface area contributed by atoms with Gasteiger partial charge in [0.2, 0.25) is 5.96 Å². The first-order valence-corrected chi connectivity index (χ1v) is 6.91. The van der Waals surface area contributed by atoms with Crippen LogP contribution in [0.1, 0.15) is 13.8 Å². The van der Waals surface area contributed by atoms with Crippen molar-refractivity contribution >= 4 is 29.6 Å². The van der Waals surface area contributed by atoms with Crippen molar-refractivity contribution in [3.63, 3.8) is 0 Å². The summed E-state index contributed by atoms with van der Waals surface area (Å²) < 4.78 is 0. The molecule has 1 amide bonds. The zero-order valence-electron chi connectivity index (χ0n) is 11.7. The van der Waals surface area contributed by atoms with E-state index < -0.39 is 11.9 Å². The Hall–Kier alpha value is -1.28. The zero-order chi connectivity index (χ0) is 14.7. The summed E-state index contributed by atoms with van der Waals surface area (Å²) in [6.45, 7) is 4.00. The van der Waals surface area contributed by atoms with Gasteiger partial charge in [0.15, 0.2) is 5.96 Å². The van der Waals surface area contributed by atoms with Crippen molar-refractivity contribution in [1.82, 2.24) is 4.90 Å². The summed E-state index contributed by atoms with van der Waals surface area (Å²) >= 11 is 1.46. The van der Waals surface area contributed by atoms with Gasteiger partial charge in [-0.25, -0.2) is 0 Å². The zero-order valence-corrected chi connectivity index (χ0v) is 12.5. The Morgan fingerprint density at radius 3 is 2.17 bits per heavy atom. The molecule has 0 saturated carbocycles. The maximum Gasteiger partial charge on any atom is 0.266 e. The molecule has 0 aromatic carbocycles. The van der Waals surface area contributed by atoms with Gasteiger partial charge >= 0.3 is 0 Å². The van der Waals surface area contributed by atoms with E-state index in [0.717, 1.165) is 0 Å². The Kier molecular flexibility index (Phi) is 11.5. The highest BCUT2D eigenvalue weighted by molar-refractivity contribution is 7.98. The lowest BCUT2D eigenvalue weighted by molar-refractivity contribution is -0.118. The first-order chi connectivity index (χ1) is 8.38. The predicted octanol–water partition coefficient (Wildman–Crippen LogP) is -0.579. The van der Waals surface area contributed by atoms with E-state index in [9.17, 15) is 4.79 Å². The number of aliphatic imine (C=N–C) groups is 2. The molecule has 0 aromatic rings. The van der Waals surface area contributed by atoms with Crippen LogP contribution in [-0.4, -0.2) is 54.9 Å². The molecule has 1 atom stereocenters. The van der Waals surface area contributed by atoms with Crippen molar-refractivity contribution in [3.8, 4) is 0 Å². The summed E-state index contributed by atoms with van der Waals surface area (Å²) in [7, 11) is 3.40. The number of rotatable bonds is 3. The normalized spacial score (nSPS) is 13.4. The minimum Gasteiger partial charge on any atom is -0.369 e. The topological polar surface area (TPSA) is 123 Å². The van der Waals surface area contributed by atoms with Gasteiger partial charge in [-0.2, -0.15) is 21.7 Å². The molecule has 0 aromatic heterocycles. The minimum atomic E-state index is -0.663. The summed E-state index contributed by atoms with van der Waals surface area (Å²) in [6.07, 6.45) is 1.85. The van der Waals surface area contributed by atoms with E-state index in [1.807, 2.05) is 20.1 Å². The molecule has 0 saturated heterocycles. The van der Waals surface area contributed by atoms with E-state index in [0.29, 0.717) is 5.75 Å². The number of amides is 1. The number of hydrogen-bond donors (Lipinski definition) is 3. The van der Waals surface area contributed by atoms with Gasteiger partial charge in [0.1, 0.15) is 0 Å². The van der Waals surface area contributed by atoms with E-state index in [4.69, 9.17) is 17.2 Å². The van der Waals surface area contributed by atoms with Crippen LogP contribution in [0, 0.1) is 0 Å². The molecule has 8 heteroatoms. The maximum absolute atomic E-state index is 11.4. The van der Waals surface area contributed by atoms with E-state index in [1.165, 1.54) is 11.8 Å². The van der Waals surface area contributed by atoms with Gasteiger partial charge in [-0.05, 0) is 6.26 Å². The number of nitrogens with two attached hydrogens (primary N) is 3. The predicted molar refractivity (Wildman–Crippen MR) is 79.6 cm³/mol. The standard InChI is InChI=1S/C8H18N6OS.C2H6/c1-14(2)8(11)13-7(10)12-6(15)5(9)4-16-3;1-2/h5H,4,9H2,1-3H3,(H4,10,11,12,13,15);1-2H3. The second-order valence-corrected chi connectivity index (χ2v) is 4.15. The van der Waals surface area contributed by atoms with Crippen LogP contribution in [0.5, 0.6) is 0 Å². The lowest BCUT2D eigenvalue weighted by Crippen LogP contribution is -2.35. The third kappa shape index (κ3) is 8.82. The molecule has 0 bridgehead atoms. The van der Waals surface area contributed by atoms with Crippen LogP contribution in [0.4, 0.5) is 0 Å². The SMILES string of the molecule is CC.CSCC(N)C(=O)N=C(N)/N=C(\N)N(C)C. The van der Waals surface area contributed by atoms with Gasteiger partial charge < -0.3 is 22.1 Å². The van der Waals surface area contributed by atoms with Crippen molar-refractivity contribution < 1.29 is 4.79 Å². The quantitative estimate of drug-likeness (QED) is 0.468. The molecule has 0 spiro atoms. The largest absolute Gasteiger partial charge is 0.369 e. The van der Waals surface area contributed by atoms with Gasteiger partial charge in [-0.15, -0.1) is 0 Å². The molecule has 0 heterocycles. The van der Waals surface area contributed by atoms with Gasteiger partial charge in [-0.3, -0.25) is 4.79 Å². The maximum atomic E-state index is 11.4. The van der Waals surface area contributed by atoms with Crippen LogP contribution < -0.4 is 17.2 Å². The third-order valence-corrected chi connectivity index (χ3v) is 2.27. The van der Waals surface area contributed by atoms with Crippen LogP contribution in [0.2, 0.25) is 0 Å². The van der Waals surface area contributed by atoms with E-state index in [2.05, 4.69) is 9.98 Å². The van der Waals surface area contributed by atoms with Gasteiger partial charge in [0, 0.05) is 19.8 Å². The molecule has 0 fully saturated rings. The highest BCUT2D eigenvalue weighted by Gasteiger charge is 2.12. The van der Waals surface area contributed by atoms with Crippen molar-refractivity contribution in [2.45, 2.75) is 19.9 Å². The van der Waals surface area contributed by atoms with Crippen LogP contribution in [0.15, 0.2) is 9.98 Å². The first kappa shape index (κ1) is 19.1. The monoisotopic (exact) mass is 276 g/mol. The fourth-order valence-electron chi connectivity index (χ4n) is 0.689. The van der Waals surface area contributed by atoms with Crippen molar-refractivity contribution in [3.05, 3.63) is 0 Å². The Morgan fingerprint density at radius 1 is 1.28 bits per heavy atom. The molecule has 0 aliphatic carbocycles. The van der Waals surface area contributed by atoms with E-state index in [1.54, 1.807) is 19.0 Å². The third-order valence-electron chi connectivity index (χ3n) is 1.58. The Bertz CT molecular complexity index is 303. The van der Waals surface area contributed by atoms with Gasteiger partial charge in [0.25, 0.3) is 5.91 Å². The summed E-state index contributed by atoms with van der Waals surface area (Å²) in [4.78, 5) is 20.2. The van der Waals surface area contributed by atoms with Crippen LogP contribution in [-0.2, 0) is 4.79 Å². The number of nitrogens with zero attached hydrogens (tertiary/aromatic N) is 3. The number of carbonyl (C=O) groups is 1. The Labute approximate surface area is 113 Å². The molecule has 106 valence electrons. The van der Waals surface area contributed by atoms with Crippen molar-refractivity contribution in [2.24, 2.45) is 27.2 Å². The fraction of sp³-hybridized carbons (Fsp3) is 0.700. The smallest absolute Gasteiger partial charge is 0.266 e. The van der Waals surface area contributed by atoms with Crippen molar-refractivity contribution in [2.75, 3.05) is 26.1 Å². The first-order valence-electron chi connectivity index (χ1n) is 5.52. The average molecular weight is 276 g/mol.